The van der Waals surface area contributed by atoms with E-state index in [1.54, 1.807) is 0 Å². The van der Waals surface area contributed by atoms with E-state index in [1.807, 2.05) is 37.7 Å². The second-order valence-electron chi connectivity index (χ2n) is 3.66. The van der Waals surface area contributed by atoms with Crippen LogP contribution < -0.4 is 5.73 Å². The summed E-state index contributed by atoms with van der Waals surface area (Å²) in [6.07, 6.45) is 0. The fraction of sp³-hybridized carbons (Fsp3) is 0.364. The summed E-state index contributed by atoms with van der Waals surface area (Å²) in [5.74, 6) is 1.70. The van der Waals surface area contributed by atoms with Crippen LogP contribution in [0.2, 0.25) is 0 Å². The Balaban J connectivity index is 2.54. The van der Waals surface area contributed by atoms with E-state index in [2.05, 4.69) is 5.10 Å². The van der Waals surface area contributed by atoms with Gasteiger partial charge in [-0.05, 0) is 26.0 Å². The summed E-state index contributed by atoms with van der Waals surface area (Å²) in [6, 6.07) is 3.87. The van der Waals surface area contributed by atoms with E-state index in [0.717, 1.165) is 28.5 Å². The Kier molecular flexibility index (Phi) is 2.36. The lowest BCUT2D eigenvalue weighted by Crippen LogP contribution is -2.05. The predicted octanol–water partition coefficient (Wildman–Crippen LogP) is 1.76. The van der Waals surface area contributed by atoms with Crippen LogP contribution in [-0.2, 0) is 13.6 Å². The van der Waals surface area contributed by atoms with Crippen LogP contribution in [-0.4, -0.2) is 9.78 Å². The topological polar surface area (TPSA) is 57.0 Å². The fourth-order valence-electron chi connectivity index (χ4n) is 1.75. The van der Waals surface area contributed by atoms with Crippen LogP contribution in [0.4, 0.5) is 0 Å². The first-order chi connectivity index (χ1) is 7.13. The molecule has 0 unspecified atom stereocenters. The van der Waals surface area contributed by atoms with E-state index in [-0.39, 0.29) is 0 Å². The van der Waals surface area contributed by atoms with Crippen molar-refractivity contribution < 1.29 is 4.42 Å². The molecule has 2 N–H and O–H groups in total. The van der Waals surface area contributed by atoms with Crippen LogP contribution in [0, 0.1) is 13.8 Å². The first-order valence-corrected chi connectivity index (χ1v) is 4.93. The molecule has 0 aliphatic heterocycles. The number of rotatable bonds is 2. The van der Waals surface area contributed by atoms with Crippen molar-refractivity contribution in [3.8, 4) is 11.5 Å². The molecule has 0 saturated heterocycles. The number of hydrogen-bond donors (Lipinski definition) is 1. The van der Waals surface area contributed by atoms with Gasteiger partial charge in [-0.15, -0.1) is 0 Å². The van der Waals surface area contributed by atoms with Gasteiger partial charge in [0, 0.05) is 19.2 Å². The molecule has 0 atom stereocenters. The van der Waals surface area contributed by atoms with Gasteiger partial charge in [-0.3, -0.25) is 4.68 Å². The van der Waals surface area contributed by atoms with Gasteiger partial charge in [-0.25, -0.2) is 0 Å². The van der Waals surface area contributed by atoms with E-state index in [9.17, 15) is 0 Å². The maximum Gasteiger partial charge on any atom is 0.154 e. The second-order valence-corrected chi connectivity index (χ2v) is 3.66. The van der Waals surface area contributed by atoms with Crippen LogP contribution in [0.1, 0.15) is 17.0 Å². The Labute approximate surface area is 88.7 Å². The molecular formula is C11H15N3O. The van der Waals surface area contributed by atoms with Crippen molar-refractivity contribution in [3.05, 3.63) is 29.2 Å². The molecule has 0 fully saturated rings. The standard InChI is InChI=1S/C11H15N3O/c1-7-4-5-10(15-7)11-8(2)9(6-12)14(3)13-11/h4-5H,6,12H2,1-3H3. The summed E-state index contributed by atoms with van der Waals surface area (Å²) in [6.45, 7) is 4.43. The lowest BCUT2D eigenvalue weighted by atomic mass is 10.2. The Morgan fingerprint density at radius 1 is 1.40 bits per heavy atom. The summed E-state index contributed by atoms with van der Waals surface area (Å²) in [7, 11) is 1.90. The molecule has 0 aliphatic carbocycles. The number of nitrogens with two attached hydrogens (primary N) is 1. The van der Waals surface area contributed by atoms with Gasteiger partial charge in [0.05, 0.1) is 5.69 Å². The molecule has 80 valence electrons. The highest BCUT2D eigenvalue weighted by Crippen LogP contribution is 2.25. The number of aromatic nitrogens is 2. The number of aryl methyl sites for hydroxylation is 2. The van der Waals surface area contributed by atoms with Crippen molar-refractivity contribution in [2.24, 2.45) is 12.8 Å². The molecule has 2 aromatic rings. The first kappa shape index (κ1) is 9.98. The van der Waals surface area contributed by atoms with Gasteiger partial charge in [0.15, 0.2) is 5.76 Å². The number of hydrogen-bond acceptors (Lipinski definition) is 3. The average Bonchev–Trinajstić information content (AvgIpc) is 2.71. The van der Waals surface area contributed by atoms with Crippen LogP contribution in [0.5, 0.6) is 0 Å². The maximum atomic E-state index is 5.66. The highest BCUT2D eigenvalue weighted by atomic mass is 16.3. The zero-order valence-electron chi connectivity index (χ0n) is 9.24. The molecule has 2 aromatic heterocycles. The molecule has 0 amide bonds. The molecule has 0 aliphatic rings. The molecule has 0 aromatic carbocycles. The quantitative estimate of drug-likeness (QED) is 0.812. The Morgan fingerprint density at radius 2 is 2.13 bits per heavy atom. The van der Waals surface area contributed by atoms with Gasteiger partial charge in [-0.2, -0.15) is 5.10 Å². The summed E-state index contributed by atoms with van der Waals surface area (Å²) in [4.78, 5) is 0. The molecule has 0 spiro atoms. The minimum Gasteiger partial charge on any atom is -0.460 e. The largest absolute Gasteiger partial charge is 0.460 e. The Morgan fingerprint density at radius 3 is 2.60 bits per heavy atom. The summed E-state index contributed by atoms with van der Waals surface area (Å²) in [5, 5.41) is 4.41. The minimum atomic E-state index is 0.495. The monoisotopic (exact) mass is 205 g/mol. The van der Waals surface area contributed by atoms with Gasteiger partial charge >= 0.3 is 0 Å². The van der Waals surface area contributed by atoms with Gasteiger partial charge in [0.25, 0.3) is 0 Å². The van der Waals surface area contributed by atoms with Crippen molar-refractivity contribution in [2.45, 2.75) is 20.4 Å². The van der Waals surface area contributed by atoms with E-state index < -0.39 is 0 Å². The van der Waals surface area contributed by atoms with E-state index in [0.29, 0.717) is 6.54 Å². The van der Waals surface area contributed by atoms with Gasteiger partial charge in [0.1, 0.15) is 11.5 Å². The third-order valence-electron chi connectivity index (χ3n) is 2.60. The molecule has 2 heterocycles. The minimum absolute atomic E-state index is 0.495. The Bertz CT molecular complexity index is 482. The highest BCUT2D eigenvalue weighted by Gasteiger charge is 2.14. The second kappa shape index (κ2) is 3.55. The smallest absolute Gasteiger partial charge is 0.154 e. The first-order valence-electron chi connectivity index (χ1n) is 4.93. The lowest BCUT2D eigenvalue weighted by molar-refractivity contribution is 0.544. The van der Waals surface area contributed by atoms with Crippen molar-refractivity contribution >= 4 is 0 Å². The highest BCUT2D eigenvalue weighted by molar-refractivity contribution is 5.58. The van der Waals surface area contributed by atoms with E-state index in [1.165, 1.54) is 0 Å². The van der Waals surface area contributed by atoms with Crippen molar-refractivity contribution in [1.29, 1.82) is 0 Å². The molecule has 0 bridgehead atoms. The van der Waals surface area contributed by atoms with Gasteiger partial charge in [0.2, 0.25) is 0 Å². The third-order valence-corrected chi connectivity index (χ3v) is 2.60. The summed E-state index contributed by atoms with van der Waals surface area (Å²) < 4.78 is 7.35. The fourth-order valence-corrected chi connectivity index (χ4v) is 1.75. The molecule has 2 rings (SSSR count). The molecule has 4 heteroatoms. The van der Waals surface area contributed by atoms with E-state index >= 15 is 0 Å². The van der Waals surface area contributed by atoms with Crippen molar-refractivity contribution in [1.82, 2.24) is 9.78 Å². The van der Waals surface area contributed by atoms with Crippen molar-refractivity contribution in [2.75, 3.05) is 0 Å². The maximum absolute atomic E-state index is 5.66. The van der Waals surface area contributed by atoms with Gasteiger partial charge < -0.3 is 10.2 Å². The number of furan rings is 1. The molecule has 4 nitrogen and oxygen atoms in total. The molecule has 0 saturated carbocycles. The average molecular weight is 205 g/mol. The SMILES string of the molecule is Cc1ccc(-c2nn(C)c(CN)c2C)o1. The lowest BCUT2D eigenvalue weighted by Gasteiger charge is -1.97. The van der Waals surface area contributed by atoms with Crippen LogP contribution in [0.15, 0.2) is 16.5 Å². The molecular weight excluding hydrogens is 190 g/mol. The predicted molar refractivity (Wildman–Crippen MR) is 58.3 cm³/mol. The van der Waals surface area contributed by atoms with Gasteiger partial charge in [-0.1, -0.05) is 0 Å². The zero-order valence-corrected chi connectivity index (χ0v) is 9.24. The van der Waals surface area contributed by atoms with Crippen LogP contribution in [0.3, 0.4) is 0 Å². The zero-order chi connectivity index (χ0) is 11.0. The van der Waals surface area contributed by atoms with E-state index in [4.69, 9.17) is 10.2 Å². The Hall–Kier alpha value is -1.55. The van der Waals surface area contributed by atoms with Crippen LogP contribution >= 0.6 is 0 Å². The summed E-state index contributed by atoms with van der Waals surface area (Å²) in [5.41, 5.74) is 8.67. The van der Waals surface area contributed by atoms with Crippen LogP contribution in [0.25, 0.3) is 11.5 Å². The van der Waals surface area contributed by atoms with Crippen molar-refractivity contribution in [3.63, 3.8) is 0 Å². The molecule has 0 radical (unpaired) electrons. The number of nitrogens with zero attached hydrogens (tertiary/aromatic N) is 2. The third kappa shape index (κ3) is 1.57. The molecule has 15 heavy (non-hydrogen) atoms. The summed E-state index contributed by atoms with van der Waals surface area (Å²) >= 11 is 0. The normalized spacial score (nSPS) is 10.9.